The van der Waals surface area contributed by atoms with Gasteiger partial charge in [0.05, 0.1) is 7.11 Å². The minimum absolute atomic E-state index is 0.189. The third-order valence-electron chi connectivity index (χ3n) is 4.34. The van der Waals surface area contributed by atoms with Crippen LogP contribution >= 0.6 is 0 Å². The second-order valence-corrected chi connectivity index (χ2v) is 6.50. The summed E-state index contributed by atoms with van der Waals surface area (Å²) in [5, 5.41) is 0. The summed E-state index contributed by atoms with van der Waals surface area (Å²) in [4.78, 5) is 14.8. The summed E-state index contributed by atoms with van der Waals surface area (Å²) < 4.78 is 18.5. The third kappa shape index (κ3) is 4.86. The lowest BCUT2D eigenvalue weighted by atomic mass is 10.1. The largest absolute Gasteiger partial charge is 0.497 e. The van der Waals surface area contributed by atoms with Gasteiger partial charge in [0, 0.05) is 17.8 Å². The van der Waals surface area contributed by atoms with Crippen molar-refractivity contribution in [1.82, 2.24) is 0 Å². The second-order valence-electron chi connectivity index (χ2n) is 6.50. The number of anilines is 1. The Morgan fingerprint density at radius 2 is 1.61 bits per heavy atom. The third-order valence-corrected chi connectivity index (χ3v) is 4.34. The molecule has 0 aromatic heterocycles. The molecule has 142 valence electrons. The summed E-state index contributed by atoms with van der Waals surface area (Å²) in [6, 6.07) is 22.9. The van der Waals surface area contributed by atoms with E-state index < -0.39 is 0 Å². The van der Waals surface area contributed by atoms with Gasteiger partial charge in [-0.2, -0.15) is 0 Å². The highest BCUT2D eigenvalue weighted by molar-refractivity contribution is 6.06. The predicted molar refractivity (Wildman–Crippen MR) is 111 cm³/mol. The maximum atomic E-state index is 13.3. The molecule has 0 saturated heterocycles. The molecule has 0 aliphatic heterocycles. The highest BCUT2D eigenvalue weighted by Crippen LogP contribution is 2.23. The van der Waals surface area contributed by atoms with Gasteiger partial charge in [0.2, 0.25) is 0 Å². The molecule has 0 aliphatic rings. The number of carbonyl (C=O) groups is 1. The van der Waals surface area contributed by atoms with Crippen molar-refractivity contribution in [3.63, 3.8) is 0 Å². The molecule has 0 unspecified atom stereocenters. The Morgan fingerprint density at radius 3 is 2.21 bits per heavy atom. The van der Waals surface area contributed by atoms with Crippen LogP contribution in [0.1, 0.15) is 22.8 Å². The Hall–Kier alpha value is -3.40. The Labute approximate surface area is 164 Å². The van der Waals surface area contributed by atoms with E-state index in [0.717, 1.165) is 22.6 Å². The van der Waals surface area contributed by atoms with Crippen LogP contribution < -0.4 is 9.64 Å². The zero-order valence-corrected chi connectivity index (χ0v) is 15.9. The van der Waals surface area contributed by atoms with Crippen LogP contribution in [0.2, 0.25) is 0 Å². The van der Waals surface area contributed by atoms with E-state index in [-0.39, 0.29) is 11.7 Å². The Morgan fingerprint density at radius 1 is 0.964 bits per heavy atom. The normalized spacial score (nSPS) is 11.2. The minimum atomic E-state index is -0.368. The number of benzene rings is 3. The van der Waals surface area contributed by atoms with Crippen LogP contribution in [0.5, 0.6) is 5.75 Å². The molecular formula is C24H22FNO2. The molecule has 0 spiro atoms. The lowest BCUT2D eigenvalue weighted by molar-refractivity contribution is 0.0989. The fraction of sp³-hybridized carbons (Fsp3) is 0.125. The number of hydrogen-bond acceptors (Lipinski definition) is 2. The van der Waals surface area contributed by atoms with Gasteiger partial charge in [-0.1, -0.05) is 42.0 Å². The van der Waals surface area contributed by atoms with Crippen molar-refractivity contribution in [3.05, 3.63) is 101 Å². The Kier molecular flexibility index (Phi) is 6.22. The molecule has 3 aromatic carbocycles. The first kappa shape index (κ1) is 19.4. The van der Waals surface area contributed by atoms with Gasteiger partial charge in [0.1, 0.15) is 11.6 Å². The number of nitrogens with zero attached hydrogens (tertiary/aromatic N) is 1. The first-order valence-electron chi connectivity index (χ1n) is 9.00. The molecule has 4 heteroatoms. The highest BCUT2D eigenvalue weighted by atomic mass is 19.1. The van der Waals surface area contributed by atoms with Gasteiger partial charge in [-0.3, -0.25) is 4.79 Å². The van der Waals surface area contributed by atoms with E-state index in [1.165, 1.54) is 24.3 Å². The summed E-state index contributed by atoms with van der Waals surface area (Å²) in [5.74, 6) is 0.160. The summed E-state index contributed by atoms with van der Waals surface area (Å²) in [6.07, 6.45) is 2.05. The number of methoxy groups -OCH3 is 1. The molecule has 0 heterocycles. The molecule has 3 nitrogen and oxygen atoms in total. The number of halogens is 1. The predicted octanol–water partition coefficient (Wildman–Crippen LogP) is 5.58. The van der Waals surface area contributed by atoms with E-state index in [4.69, 9.17) is 4.74 Å². The molecular weight excluding hydrogens is 353 g/mol. The first-order valence-corrected chi connectivity index (χ1v) is 9.00. The molecule has 28 heavy (non-hydrogen) atoms. The summed E-state index contributed by atoms with van der Waals surface area (Å²) >= 11 is 0. The van der Waals surface area contributed by atoms with Gasteiger partial charge >= 0.3 is 0 Å². The van der Waals surface area contributed by atoms with Crippen LogP contribution in [-0.4, -0.2) is 19.6 Å². The van der Waals surface area contributed by atoms with Crippen molar-refractivity contribution in [2.75, 3.05) is 18.6 Å². The average Bonchev–Trinajstić information content (AvgIpc) is 2.73. The second kappa shape index (κ2) is 9.00. The molecule has 0 radical (unpaired) electrons. The molecule has 0 N–H and O–H groups in total. The molecule has 0 aliphatic carbocycles. The molecule has 1 amide bonds. The number of ether oxygens (including phenoxy) is 1. The van der Waals surface area contributed by atoms with Gasteiger partial charge in [-0.05, 0) is 61.0 Å². The quantitative estimate of drug-likeness (QED) is 0.562. The van der Waals surface area contributed by atoms with Crippen LogP contribution in [-0.2, 0) is 0 Å². The van der Waals surface area contributed by atoms with E-state index in [0.29, 0.717) is 12.1 Å². The lowest BCUT2D eigenvalue weighted by Gasteiger charge is -2.24. The molecule has 0 saturated carbocycles. The van der Waals surface area contributed by atoms with Crippen LogP contribution in [0.3, 0.4) is 0 Å². The fourth-order valence-electron chi connectivity index (χ4n) is 2.92. The van der Waals surface area contributed by atoms with Crippen LogP contribution in [0, 0.1) is 5.82 Å². The average molecular weight is 375 g/mol. The number of amides is 1. The van der Waals surface area contributed by atoms with Gasteiger partial charge in [0.15, 0.2) is 0 Å². The number of rotatable bonds is 6. The number of carbonyl (C=O) groups excluding carboxylic acids is 1. The fourth-order valence-corrected chi connectivity index (χ4v) is 2.92. The van der Waals surface area contributed by atoms with Crippen molar-refractivity contribution in [3.8, 4) is 5.75 Å². The molecule has 0 atom stereocenters. The standard InChI is InChI=1S/C24H22FNO2/c1-18(16-19-6-4-3-5-7-19)17-26(22-12-14-23(28-2)15-13-22)24(27)20-8-10-21(25)11-9-20/h3-16H,17H2,1-2H3/b18-16+. The first-order chi connectivity index (χ1) is 13.6. The lowest BCUT2D eigenvalue weighted by Crippen LogP contribution is -2.32. The van der Waals surface area contributed by atoms with Crippen LogP contribution in [0.15, 0.2) is 84.4 Å². The van der Waals surface area contributed by atoms with Crippen molar-refractivity contribution in [1.29, 1.82) is 0 Å². The van der Waals surface area contributed by atoms with Gasteiger partial charge in [0.25, 0.3) is 5.91 Å². The van der Waals surface area contributed by atoms with Crippen LogP contribution in [0.4, 0.5) is 10.1 Å². The molecule has 3 rings (SSSR count). The maximum absolute atomic E-state index is 13.3. The minimum Gasteiger partial charge on any atom is -0.497 e. The van der Waals surface area contributed by atoms with E-state index in [2.05, 4.69) is 6.08 Å². The smallest absolute Gasteiger partial charge is 0.258 e. The zero-order chi connectivity index (χ0) is 19.9. The Bertz CT molecular complexity index is 948. The van der Waals surface area contributed by atoms with Crippen molar-refractivity contribution in [2.24, 2.45) is 0 Å². The van der Waals surface area contributed by atoms with Gasteiger partial charge < -0.3 is 9.64 Å². The van der Waals surface area contributed by atoms with E-state index in [1.807, 2.05) is 61.5 Å². The molecule has 3 aromatic rings. The topological polar surface area (TPSA) is 29.5 Å². The summed E-state index contributed by atoms with van der Waals surface area (Å²) in [6.45, 7) is 2.40. The molecule has 0 bridgehead atoms. The zero-order valence-electron chi connectivity index (χ0n) is 15.9. The van der Waals surface area contributed by atoms with E-state index >= 15 is 0 Å². The van der Waals surface area contributed by atoms with Crippen molar-refractivity contribution < 1.29 is 13.9 Å². The highest BCUT2D eigenvalue weighted by Gasteiger charge is 2.18. The van der Waals surface area contributed by atoms with E-state index in [1.54, 1.807) is 12.0 Å². The van der Waals surface area contributed by atoms with Gasteiger partial charge in [-0.15, -0.1) is 0 Å². The van der Waals surface area contributed by atoms with E-state index in [9.17, 15) is 9.18 Å². The Balaban J connectivity index is 1.92. The van der Waals surface area contributed by atoms with Crippen molar-refractivity contribution in [2.45, 2.75) is 6.92 Å². The van der Waals surface area contributed by atoms with Gasteiger partial charge in [-0.25, -0.2) is 4.39 Å². The monoisotopic (exact) mass is 375 g/mol. The van der Waals surface area contributed by atoms with Crippen molar-refractivity contribution >= 4 is 17.7 Å². The SMILES string of the molecule is COc1ccc(N(C/C(C)=C/c2ccccc2)C(=O)c2ccc(F)cc2)cc1. The summed E-state index contributed by atoms with van der Waals surface area (Å²) in [5.41, 5.74) is 3.28. The maximum Gasteiger partial charge on any atom is 0.258 e. The summed E-state index contributed by atoms with van der Waals surface area (Å²) in [7, 11) is 1.60. The van der Waals surface area contributed by atoms with Crippen LogP contribution in [0.25, 0.3) is 6.08 Å². The molecule has 0 fully saturated rings. The number of hydrogen-bond donors (Lipinski definition) is 0.